The third-order valence-corrected chi connectivity index (χ3v) is 3.87. The second kappa shape index (κ2) is 8.47. The Morgan fingerprint density at radius 3 is 2.39 bits per heavy atom. The molecule has 3 heteroatoms. The van der Waals surface area contributed by atoms with E-state index in [4.69, 9.17) is 4.74 Å². The molecule has 0 radical (unpaired) electrons. The third-order valence-electron chi connectivity index (χ3n) is 3.87. The maximum Gasteiger partial charge on any atom is 0.343 e. The zero-order valence-corrected chi connectivity index (χ0v) is 13.8. The Morgan fingerprint density at radius 2 is 1.78 bits per heavy atom. The number of benzene rings is 2. The first-order valence-electron chi connectivity index (χ1n) is 8.23. The van der Waals surface area contributed by atoms with Gasteiger partial charge < -0.3 is 4.74 Å². The molecule has 0 aromatic heterocycles. The first-order valence-corrected chi connectivity index (χ1v) is 8.23. The van der Waals surface area contributed by atoms with Gasteiger partial charge in [-0.05, 0) is 48.6 Å². The minimum atomic E-state index is -0.464. The summed E-state index contributed by atoms with van der Waals surface area (Å²) in [6.45, 7) is 4.06. The number of hydrogen-bond acceptors (Lipinski definition) is 2. The Hall–Kier alpha value is -2.16. The van der Waals surface area contributed by atoms with Crippen molar-refractivity contribution in [1.29, 1.82) is 0 Å². The molecule has 0 aliphatic carbocycles. The molecule has 0 saturated carbocycles. The van der Waals surface area contributed by atoms with Crippen LogP contribution >= 0.6 is 0 Å². The zero-order chi connectivity index (χ0) is 16.7. The van der Waals surface area contributed by atoms with Gasteiger partial charge in [-0.3, -0.25) is 0 Å². The van der Waals surface area contributed by atoms with Crippen molar-refractivity contribution in [2.45, 2.75) is 46.0 Å². The van der Waals surface area contributed by atoms with E-state index in [0.717, 1.165) is 12.8 Å². The molecule has 0 fully saturated rings. The molecule has 0 saturated heterocycles. The predicted octanol–water partition coefficient (Wildman–Crippen LogP) is 5.34. The molecule has 2 aromatic rings. The van der Waals surface area contributed by atoms with Crippen LogP contribution in [0.3, 0.4) is 0 Å². The van der Waals surface area contributed by atoms with E-state index in [1.165, 1.54) is 24.5 Å². The monoisotopic (exact) mass is 314 g/mol. The Labute approximate surface area is 137 Å². The van der Waals surface area contributed by atoms with Crippen molar-refractivity contribution in [3.05, 3.63) is 65.0 Å². The summed E-state index contributed by atoms with van der Waals surface area (Å²) in [6, 6.07) is 12.0. The van der Waals surface area contributed by atoms with Crippen LogP contribution in [0.4, 0.5) is 4.39 Å². The van der Waals surface area contributed by atoms with Crippen molar-refractivity contribution in [2.24, 2.45) is 0 Å². The van der Waals surface area contributed by atoms with Crippen LogP contribution in [0.5, 0.6) is 5.75 Å². The number of rotatable bonds is 7. The highest BCUT2D eigenvalue weighted by Gasteiger charge is 2.10. The molecular weight excluding hydrogens is 291 g/mol. The van der Waals surface area contributed by atoms with Gasteiger partial charge in [0.25, 0.3) is 0 Å². The highest BCUT2D eigenvalue weighted by Crippen LogP contribution is 2.19. The van der Waals surface area contributed by atoms with E-state index in [-0.39, 0.29) is 11.6 Å². The maximum absolute atomic E-state index is 13.7. The number of carbonyl (C=O) groups excluding carboxylic acids is 1. The van der Waals surface area contributed by atoms with E-state index in [0.29, 0.717) is 17.5 Å². The SMILES string of the molecule is CCCCCc1ccc(C(=O)Oc2ccc(CC)c(F)c2)cc1. The molecule has 122 valence electrons. The van der Waals surface area contributed by atoms with Crippen molar-refractivity contribution < 1.29 is 13.9 Å². The molecule has 0 amide bonds. The topological polar surface area (TPSA) is 26.3 Å². The summed E-state index contributed by atoms with van der Waals surface area (Å²) < 4.78 is 19.0. The third kappa shape index (κ3) is 4.92. The van der Waals surface area contributed by atoms with Gasteiger partial charge in [-0.25, -0.2) is 9.18 Å². The van der Waals surface area contributed by atoms with Gasteiger partial charge in [0.2, 0.25) is 0 Å². The van der Waals surface area contributed by atoms with E-state index in [1.54, 1.807) is 24.3 Å². The fourth-order valence-electron chi connectivity index (χ4n) is 2.43. The average molecular weight is 314 g/mol. The van der Waals surface area contributed by atoms with E-state index < -0.39 is 5.97 Å². The second-order valence-corrected chi connectivity index (χ2v) is 5.65. The summed E-state index contributed by atoms with van der Waals surface area (Å²) in [5, 5.41) is 0. The number of ether oxygens (including phenoxy) is 1. The van der Waals surface area contributed by atoms with Gasteiger partial charge in [0, 0.05) is 6.07 Å². The Morgan fingerprint density at radius 1 is 1.04 bits per heavy atom. The number of unbranched alkanes of at least 4 members (excludes halogenated alkanes) is 2. The Bertz CT molecular complexity index is 647. The average Bonchev–Trinajstić information content (AvgIpc) is 2.56. The lowest BCUT2D eigenvalue weighted by molar-refractivity contribution is 0.0734. The van der Waals surface area contributed by atoms with Crippen LogP contribution in [0.2, 0.25) is 0 Å². The number of hydrogen-bond donors (Lipinski definition) is 0. The van der Waals surface area contributed by atoms with Crippen LogP contribution in [-0.2, 0) is 12.8 Å². The Kier molecular flexibility index (Phi) is 6.33. The lowest BCUT2D eigenvalue weighted by Gasteiger charge is -2.07. The number of aryl methyl sites for hydroxylation is 2. The molecule has 0 unspecified atom stereocenters. The quantitative estimate of drug-likeness (QED) is 0.392. The second-order valence-electron chi connectivity index (χ2n) is 5.65. The summed E-state index contributed by atoms with van der Waals surface area (Å²) in [5.41, 5.74) is 2.30. The molecule has 0 spiro atoms. The molecule has 23 heavy (non-hydrogen) atoms. The summed E-state index contributed by atoms with van der Waals surface area (Å²) in [6.07, 6.45) is 5.19. The van der Waals surface area contributed by atoms with Crippen LogP contribution in [0, 0.1) is 5.82 Å². The minimum Gasteiger partial charge on any atom is -0.423 e. The number of carbonyl (C=O) groups is 1. The largest absolute Gasteiger partial charge is 0.423 e. The fraction of sp³-hybridized carbons (Fsp3) is 0.350. The predicted molar refractivity (Wildman–Crippen MR) is 90.4 cm³/mol. The van der Waals surface area contributed by atoms with Gasteiger partial charge in [-0.1, -0.05) is 44.9 Å². The first kappa shape index (κ1) is 17.2. The molecule has 2 rings (SSSR count). The standard InChI is InChI=1S/C20H23FO2/c1-3-5-6-7-15-8-10-17(11-9-15)20(22)23-18-13-12-16(4-2)19(21)14-18/h8-14H,3-7H2,1-2H3. The van der Waals surface area contributed by atoms with Crippen LogP contribution in [0.15, 0.2) is 42.5 Å². The molecule has 0 atom stereocenters. The van der Waals surface area contributed by atoms with Gasteiger partial charge in [0.05, 0.1) is 5.56 Å². The van der Waals surface area contributed by atoms with Crippen molar-refractivity contribution in [3.63, 3.8) is 0 Å². The molecular formula is C20H23FO2. The lowest BCUT2D eigenvalue weighted by atomic mass is 10.1. The van der Waals surface area contributed by atoms with Crippen molar-refractivity contribution in [2.75, 3.05) is 0 Å². The van der Waals surface area contributed by atoms with Gasteiger partial charge in [0.15, 0.2) is 0 Å². The van der Waals surface area contributed by atoms with Crippen LogP contribution in [0.25, 0.3) is 0 Å². The van der Waals surface area contributed by atoms with Crippen LogP contribution < -0.4 is 4.74 Å². The highest BCUT2D eigenvalue weighted by molar-refractivity contribution is 5.91. The summed E-state index contributed by atoms with van der Waals surface area (Å²) in [5.74, 6) is -0.574. The van der Waals surface area contributed by atoms with E-state index >= 15 is 0 Å². The molecule has 0 heterocycles. The summed E-state index contributed by atoms with van der Waals surface area (Å²) >= 11 is 0. The van der Waals surface area contributed by atoms with Crippen LogP contribution in [-0.4, -0.2) is 5.97 Å². The number of halogens is 1. The van der Waals surface area contributed by atoms with Gasteiger partial charge in [0.1, 0.15) is 11.6 Å². The molecule has 0 aliphatic rings. The Balaban J connectivity index is 1.99. The number of esters is 1. The van der Waals surface area contributed by atoms with Crippen LogP contribution in [0.1, 0.15) is 54.6 Å². The van der Waals surface area contributed by atoms with E-state index in [9.17, 15) is 9.18 Å². The zero-order valence-electron chi connectivity index (χ0n) is 13.8. The lowest BCUT2D eigenvalue weighted by Crippen LogP contribution is -2.09. The summed E-state index contributed by atoms with van der Waals surface area (Å²) in [7, 11) is 0. The fourth-order valence-corrected chi connectivity index (χ4v) is 2.43. The first-order chi connectivity index (χ1) is 11.1. The summed E-state index contributed by atoms with van der Waals surface area (Å²) in [4.78, 5) is 12.1. The maximum atomic E-state index is 13.7. The molecule has 0 bridgehead atoms. The molecule has 0 aliphatic heterocycles. The van der Waals surface area contributed by atoms with E-state index in [1.807, 2.05) is 19.1 Å². The van der Waals surface area contributed by atoms with Gasteiger partial charge >= 0.3 is 5.97 Å². The molecule has 2 nitrogen and oxygen atoms in total. The van der Waals surface area contributed by atoms with E-state index in [2.05, 4.69) is 6.92 Å². The molecule has 2 aromatic carbocycles. The van der Waals surface area contributed by atoms with Crippen molar-refractivity contribution in [1.82, 2.24) is 0 Å². The van der Waals surface area contributed by atoms with Gasteiger partial charge in [-0.15, -0.1) is 0 Å². The highest BCUT2D eigenvalue weighted by atomic mass is 19.1. The van der Waals surface area contributed by atoms with Crippen molar-refractivity contribution >= 4 is 5.97 Å². The van der Waals surface area contributed by atoms with Crippen molar-refractivity contribution in [3.8, 4) is 5.75 Å². The molecule has 0 N–H and O–H groups in total. The smallest absolute Gasteiger partial charge is 0.343 e. The van der Waals surface area contributed by atoms with Gasteiger partial charge in [-0.2, -0.15) is 0 Å². The minimum absolute atomic E-state index is 0.233. The normalized spacial score (nSPS) is 10.6.